The zero-order valence-corrected chi connectivity index (χ0v) is 10.4. The van der Waals surface area contributed by atoms with Crippen LogP contribution in [0, 0.1) is 0 Å². The molecule has 0 fully saturated rings. The van der Waals surface area contributed by atoms with E-state index in [0.29, 0.717) is 30.1 Å². The highest BCUT2D eigenvalue weighted by Crippen LogP contribution is 2.20. The van der Waals surface area contributed by atoms with Crippen molar-refractivity contribution in [2.24, 2.45) is 0 Å². The fourth-order valence-corrected chi connectivity index (χ4v) is 1.60. The van der Waals surface area contributed by atoms with E-state index in [-0.39, 0.29) is 11.7 Å². The van der Waals surface area contributed by atoms with E-state index in [9.17, 15) is 9.90 Å². The Morgan fingerprint density at radius 3 is 2.82 bits per heavy atom. The number of halogens is 1. The summed E-state index contributed by atoms with van der Waals surface area (Å²) in [7, 11) is 0. The Balaban J connectivity index is 2.67. The summed E-state index contributed by atoms with van der Waals surface area (Å²) in [6, 6.07) is 4.67. The van der Waals surface area contributed by atoms with Gasteiger partial charge in [-0.3, -0.25) is 0 Å². The molecule has 5 heteroatoms. The van der Waals surface area contributed by atoms with Gasteiger partial charge in [0.25, 0.3) is 0 Å². The minimum atomic E-state index is -1.02. The van der Waals surface area contributed by atoms with Crippen LogP contribution in [0.1, 0.15) is 30.1 Å². The van der Waals surface area contributed by atoms with Crippen LogP contribution in [0.4, 0.5) is 5.69 Å². The van der Waals surface area contributed by atoms with E-state index < -0.39 is 5.97 Å². The van der Waals surface area contributed by atoms with Gasteiger partial charge < -0.3 is 15.5 Å². The molecule has 1 aromatic rings. The van der Waals surface area contributed by atoms with Gasteiger partial charge in [-0.2, -0.15) is 0 Å². The van der Waals surface area contributed by atoms with E-state index in [0.717, 1.165) is 0 Å². The first-order valence-electron chi connectivity index (χ1n) is 5.49. The third-order valence-corrected chi connectivity index (χ3v) is 2.71. The minimum Gasteiger partial charge on any atom is -0.478 e. The Labute approximate surface area is 105 Å². The second-order valence-electron chi connectivity index (χ2n) is 3.77. The summed E-state index contributed by atoms with van der Waals surface area (Å²) >= 11 is 5.74. The largest absolute Gasteiger partial charge is 0.478 e. The van der Waals surface area contributed by atoms with Crippen molar-refractivity contribution in [1.82, 2.24) is 0 Å². The number of rotatable bonds is 6. The van der Waals surface area contributed by atoms with Crippen molar-refractivity contribution < 1.29 is 15.0 Å². The lowest BCUT2D eigenvalue weighted by molar-refractivity contribution is 0.0698. The molecule has 0 amide bonds. The maximum Gasteiger partial charge on any atom is 0.337 e. The van der Waals surface area contributed by atoms with Gasteiger partial charge >= 0.3 is 5.97 Å². The van der Waals surface area contributed by atoms with Gasteiger partial charge in [0, 0.05) is 17.3 Å². The van der Waals surface area contributed by atoms with E-state index >= 15 is 0 Å². The third-order valence-electron chi connectivity index (χ3n) is 2.48. The molecule has 94 valence electrons. The zero-order valence-electron chi connectivity index (χ0n) is 9.61. The van der Waals surface area contributed by atoms with Crippen molar-refractivity contribution in [3.05, 3.63) is 28.8 Å². The molecule has 0 radical (unpaired) electrons. The Morgan fingerprint density at radius 2 is 2.24 bits per heavy atom. The van der Waals surface area contributed by atoms with Crippen LogP contribution in [0.3, 0.4) is 0 Å². The molecule has 1 unspecified atom stereocenters. The molecule has 1 aromatic carbocycles. The van der Waals surface area contributed by atoms with E-state index in [1.807, 2.05) is 6.92 Å². The van der Waals surface area contributed by atoms with Crippen molar-refractivity contribution >= 4 is 23.3 Å². The van der Waals surface area contributed by atoms with Crippen LogP contribution in [0.2, 0.25) is 5.02 Å². The maximum absolute atomic E-state index is 11.0. The second kappa shape index (κ2) is 6.47. The lowest BCUT2D eigenvalue weighted by atomic mass is 10.1. The number of aliphatic hydroxyl groups excluding tert-OH is 1. The van der Waals surface area contributed by atoms with Crippen molar-refractivity contribution in [3.63, 3.8) is 0 Å². The summed E-state index contributed by atoms with van der Waals surface area (Å²) in [6.07, 6.45) is 0.912. The summed E-state index contributed by atoms with van der Waals surface area (Å²) in [4.78, 5) is 11.0. The topological polar surface area (TPSA) is 69.6 Å². The second-order valence-corrected chi connectivity index (χ2v) is 4.21. The molecule has 0 saturated carbocycles. The first-order valence-corrected chi connectivity index (χ1v) is 5.87. The molecular formula is C12H16ClNO3. The van der Waals surface area contributed by atoms with Gasteiger partial charge in [-0.15, -0.1) is 0 Å². The van der Waals surface area contributed by atoms with Crippen LogP contribution in [0.15, 0.2) is 18.2 Å². The average Bonchev–Trinajstić information content (AvgIpc) is 2.30. The highest BCUT2D eigenvalue weighted by molar-refractivity contribution is 6.31. The molecule has 0 aliphatic carbocycles. The molecule has 1 atom stereocenters. The van der Waals surface area contributed by atoms with Crippen LogP contribution in [-0.4, -0.2) is 28.8 Å². The zero-order chi connectivity index (χ0) is 12.8. The Bertz CT molecular complexity index is 395. The number of hydrogen-bond acceptors (Lipinski definition) is 3. The summed E-state index contributed by atoms with van der Waals surface area (Å²) in [6.45, 7) is 2.42. The fraction of sp³-hybridized carbons (Fsp3) is 0.417. The number of benzene rings is 1. The Kier molecular flexibility index (Phi) is 5.25. The summed E-state index contributed by atoms with van der Waals surface area (Å²) < 4.78 is 0. The number of aliphatic hydroxyl groups is 1. The van der Waals surface area contributed by atoms with Crippen molar-refractivity contribution in [2.45, 2.75) is 25.9 Å². The lowest BCUT2D eigenvalue weighted by Gasteiger charge is -2.12. The maximum atomic E-state index is 11.0. The molecule has 3 N–H and O–H groups in total. The van der Waals surface area contributed by atoms with E-state index in [1.165, 1.54) is 6.07 Å². The van der Waals surface area contributed by atoms with Crippen molar-refractivity contribution in [3.8, 4) is 0 Å². The predicted octanol–water partition coefficient (Wildman–Crippen LogP) is 2.61. The summed E-state index contributed by atoms with van der Waals surface area (Å²) in [5.74, 6) is -1.02. The number of aromatic carboxylic acids is 1. The van der Waals surface area contributed by atoms with Crippen LogP contribution >= 0.6 is 11.6 Å². The van der Waals surface area contributed by atoms with Crippen molar-refractivity contribution in [2.75, 3.05) is 11.9 Å². The molecule has 0 spiro atoms. The number of nitrogens with one attached hydrogen (secondary N) is 1. The SMILES string of the molecule is CCC(O)CCNc1ccc(Cl)cc1C(=O)O. The van der Waals surface area contributed by atoms with Gasteiger partial charge in [0.1, 0.15) is 0 Å². The summed E-state index contributed by atoms with van der Waals surface area (Å²) in [5, 5.41) is 21.8. The van der Waals surface area contributed by atoms with Gasteiger partial charge in [0.2, 0.25) is 0 Å². The quantitative estimate of drug-likeness (QED) is 0.733. The summed E-state index contributed by atoms with van der Waals surface area (Å²) in [5.41, 5.74) is 0.661. The highest BCUT2D eigenvalue weighted by Gasteiger charge is 2.10. The average molecular weight is 258 g/mol. The molecule has 0 saturated heterocycles. The van der Waals surface area contributed by atoms with Gasteiger partial charge in [-0.1, -0.05) is 18.5 Å². The first-order chi connectivity index (χ1) is 8.04. The van der Waals surface area contributed by atoms with Crippen LogP contribution < -0.4 is 5.32 Å². The number of carboxylic acids is 1. The molecule has 0 aliphatic heterocycles. The third kappa shape index (κ3) is 4.24. The van der Waals surface area contributed by atoms with Gasteiger partial charge in [0.15, 0.2) is 0 Å². The molecular weight excluding hydrogens is 242 g/mol. The molecule has 1 rings (SSSR count). The van der Waals surface area contributed by atoms with Crippen LogP contribution in [-0.2, 0) is 0 Å². The van der Waals surface area contributed by atoms with E-state index in [1.54, 1.807) is 12.1 Å². The standard InChI is InChI=1S/C12H16ClNO3/c1-2-9(15)5-6-14-11-4-3-8(13)7-10(11)12(16)17/h3-4,7,9,14-15H,2,5-6H2,1H3,(H,16,17). The van der Waals surface area contributed by atoms with Crippen LogP contribution in [0.25, 0.3) is 0 Å². The minimum absolute atomic E-state index is 0.142. The number of anilines is 1. The monoisotopic (exact) mass is 257 g/mol. The molecule has 0 aliphatic rings. The molecule has 0 aromatic heterocycles. The van der Waals surface area contributed by atoms with Crippen molar-refractivity contribution in [1.29, 1.82) is 0 Å². The van der Waals surface area contributed by atoms with Gasteiger partial charge in [-0.05, 0) is 31.0 Å². The fourth-order valence-electron chi connectivity index (χ4n) is 1.43. The Morgan fingerprint density at radius 1 is 1.53 bits per heavy atom. The smallest absolute Gasteiger partial charge is 0.337 e. The number of carboxylic acid groups (broad SMARTS) is 1. The molecule has 0 bridgehead atoms. The Hall–Kier alpha value is -1.26. The van der Waals surface area contributed by atoms with Gasteiger partial charge in [-0.25, -0.2) is 4.79 Å². The predicted molar refractivity (Wildman–Crippen MR) is 67.8 cm³/mol. The lowest BCUT2D eigenvalue weighted by Crippen LogP contribution is -2.14. The number of carbonyl (C=O) groups is 1. The molecule has 17 heavy (non-hydrogen) atoms. The van der Waals surface area contributed by atoms with E-state index in [2.05, 4.69) is 5.32 Å². The first kappa shape index (κ1) is 13.8. The van der Waals surface area contributed by atoms with Crippen LogP contribution in [0.5, 0.6) is 0 Å². The molecule has 0 heterocycles. The molecule has 4 nitrogen and oxygen atoms in total. The van der Waals surface area contributed by atoms with Gasteiger partial charge in [0.05, 0.1) is 11.7 Å². The number of hydrogen-bond donors (Lipinski definition) is 3. The van der Waals surface area contributed by atoms with E-state index in [4.69, 9.17) is 16.7 Å². The highest BCUT2D eigenvalue weighted by atomic mass is 35.5. The normalized spacial score (nSPS) is 12.2.